The summed E-state index contributed by atoms with van der Waals surface area (Å²) in [6.45, 7) is 10.2. The van der Waals surface area contributed by atoms with Crippen LogP contribution in [0.4, 0.5) is 8.78 Å². The minimum atomic E-state index is -0.540. The maximum atomic E-state index is 14.1. The van der Waals surface area contributed by atoms with E-state index in [1.807, 2.05) is 7.05 Å². The second-order valence-electron chi connectivity index (χ2n) is 5.27. The molecule has 2 atom stereocenters. The van der Waals surface area contributed by atoms with Crippen molar-refractivity contribution in [3.63, 3.8) is 0 Å². The number of likely N-dealkylation sites (N-methyl/N-ethyl adjacent to an activating group) is 2. The lowest BCUT2D eigenvalue weighted by molar-refractivity contribution is 0.0714. The van der Waals surface area contributed by atoms with Gasteiger partial charge in [0.05, 0.1) is 6.04 Å². The number of hydrogen-bond acceptors (Lipinski definition) is 2. The number of benzene rings is 1. The number of halogens is 2. The maximum absolute atomic E-state index is 14.1. The zero-order chi connectivity index (χ0) is 15.3. The van der Waals surface area contributed by atoms with Crippen LogP contribution in [0.2, 0.25) is 0 Å². The van der Waals surface area contributed by atoms with E-state index < -0.39 is 11.6 Å². The van der Waals surface area contributed by atoms with Crippen molar-refractivity contribution in [3.05, 3.63) is 35.4 Å². The third-order valence-electron chi connectivity index (χ3n) is 4.39. The van der Waals surface area contributed by atoms with Gasteiger partial charge in [-0.25, -0.2) is 8.78 Å². The van der Waals surface area contributed by atoms with E-state index in [4.69, 9.17) is 0 Å². The zero-order valence-corrected chi connectivity index (χ0v) is 13.1. The highest BCUT2D eigenvalue weighted by Crippen LogP contribution is 2.35. The van der Waals surface area contributed by atoms with Crippen LogP contribution in [0, 0.1) is 11.6 Å². The largest absolute Gasteiger partial charge is 0.311 e. The first-order valence-electron chi connectivity index (χ1n) is 7.31. The van der Waals surface area contributed by atoms with E-state index in [0.717, 1.165) is 25.6 Å². The van der Waals surface area contributed by atoms with Gasteiger partial charge < -0.3 is 5.32 Å². The fourth-order valence-corrected chi connectivity index (χ4v) is 3.09. The van der Waals surface area contributed by atoms with Crippen molar-refractivity contribution in [2.75, 3.05) is 20.1 Å². The van der Waals surface area contributed by atoms with Crippen molar-refractivity contribution in [2.24, 2.45) is 0 Å². The molecule has 0 spiro atoms. The molecule has 0 aliphatic heterocycles. The van der Waals surface area contributed by atoms with Crippen LogP contribution in [-0.2, 0) is 0 Å². The van der Waals surface area contributed by atoms with Crippen molar-refractivity contribution in [3.8, 4) is 0 Å². The first kappa shape index (κ1) is 17.1. The fourth-order valence-electron chi connectivity index (χ4n) is 3.09. The van der Waals surface area contributed by atoms with Gasteiger partial charge in [-0.1, -0.05) is 26.8 Å². The van der Waals surface area contributed by atoms with Crippen LogP contribution >= 0.6 is 0 Å². The lowest BCUT2D eigenvalue weighted by Crippen LogP contribution is -2.54. The summed E-state index contributed by atoms with van der Waals surface area (Å²) in [6.07, 6.45) is 0.872. The van der Waals surface area contributed by atoms with Crippen LogP contribution in [0.1, 0.15) is 45.7 Å². The standard InChI is InChI=1S/C16H26F2N2/c1-6-16(4,20(7-2)8-3)15(19-5)13-10-9-12(17)11-14(13)18/h9-11,15,19H,6-8H2,1-5H3. The van der Waals surface area contributed by atoms with Gasteiger partial charge in [0.25, 0.3) is 0 Å². The second-order valence-corrected chi connectivity index (χ2v) is 5.27. The number of nitrogens with one attached hydrogen (secondary N) is 1. The van der Waals surface area contributed by atoms with Gasteiger partial charge >= 0.3 is 0 Å². The Labute approximate surface area is 121 Å². The van der Waals surface area contributed by atoms with Crippen LogP contribution in [0.15, 0.2) is 18.2 Å². The van der Waals surface area contributed by atoms with Gasteiger partial charge in [0, 0.05) is 17.2 Å². The first-order valence-corrected chi connectivity index (χ1v) is 7.31. The van der Waals surface area contributed by atoms with Crippen molar-refractivity contribution in [1.82, 2.24) is 10.2 Å². The summed E-state index contributed by atoms with van der Waals surface area (Å²) in [6, 6.07) is 3.63. The molecule has 4 heteroatoms. The Morgan fingerprint density at radius 1 is 1.20 bits per heavy atom. The molecule has 0 radical (unpaired) electrons. The maximum Gasteiger partial charge on any atom is 0.130 e. The molecule has 114 valence electrons. The Morgan fingerprint density at radius 3 is 2.20 bits per heavy atom. The smallest absolute Gasteiger partial charge is 0.130 e. The molecule has 20 heavy (non-hydrogen) atoms. The van der Waals surface area contributed by atoms with Crippen LogP contribution in [0.25, 0.3) is 0 Å². The Bertz CT molecular complexity index is 432. The molecule has 0 saturated heterocycles. The molecule has 1 rings (SSSR count). The summed E-state index contributed by atoms with van der Waals surface area (Å²) in [4.78, 5) is 2.32. The third kappa shape index (κ3) is 3.18. The first-order chi connectivity index (χ1) is 9.44. The highest BCUT2D eigenvalue weighted by atomic mass is 19.1. The highest BCUT2D eigenvalue weighted by molar-refractivity contribution is 5.25. The Kier molecular flexibility index (Phi) is 6.08. The molecule has 0 aromatic heterocycles. The van der Waals surface area contributed by atoms with E-state index in [2.05, 4.69) is 37.9 Å². The summed E-state index contributed by atoms with van der Waals surface area (Å²) in [5.74, 6) is -1.03. The molecule has 0 heterocycles. The predicted molar refractivity (Wildman–Crippen MR) is 79.8 cm³/mol. The molecule has 0 aliphatic rings. The predicted octanol–water partition coefficient (Wildman–Crippen LogP) is 3.74. The normalized spacial score (nSPS) is 16.2. The van der Waals surface area contributed by atoms with E-state index in [-0.39, 0.29) is 11.6 Å². The van der Waals surface area contributed by atoms with Gasteiger partial charge in [0.1, 0.15) is 11.6 Å². The summed E-state index contributed by atoms with van der Waals surface area (Å²) >= 11 is 0. The Balaban J connectivity index is 3.27. The summed E-state index contributed by atoms with van der Waals surface area (Å²) in [7, 11) is 1.82. The van der Waals surface area contributed by atoms with Gasteiger partial charge in [0.15, 0.2) is 0 Å². The molecular weight excluding hydrogens is 258 g/mol. The molecule has 0 saturated carbocycles. The Morgan fingerprint density at radius 2 is 1.80 bits per heavy atom. The highest BCUT2D eigenvalue weighted by Gasteiger charge is 2.38. The molecule has 2 nitrogen and oxygen atoms in total. The van der Waals surface area contributed by atoms with Crippen molar-refractivity contribution in [2.45, 2.75) is 45.7 Å². The number of hydrogen-bond donors (Lipinski definition) is 1. The number of nitrogens with zero attached hydrogens (tertiary/aromatic N) is 1. The van der Waals surface area contributed by atoms with Gasteiger partial charge in [-0.2, -0.15) is 0 Å². The molecular formula is C16H26F2N2. The topological polar surface area (TPSA) is 15.3 Å². The Hall–Kier alpha value is -1.00. The van der Waals surface area contributed by atoms with Crippen molar-refractivity contribution < 1.29 is 8.78 Å². The minimum Gasteiger partial charge on any atom is -0.311 e. The van der Waals surface area contributed by atoms with Crippen LogP contribution < -0.4 is 5.32 Å². The average Bonchev–Trinajstić information content (AvgIpc) is 2.43. The lowest BCUT2D eigenvalue weighted by atomic mass is 9.82. The molecule has 1 N–H and O–H groups in total. The third-order valence-corrected chi connectivity index (χ3v) is 4.39. The molecule has 0 aliphatic carbocycles. The zero-order valence-electron chi connectivity index (χ0n) is 13.1. The lowest BCUT2D eigenvalue weighted by Gasteiger charge is -2.46. The van der Waals surface area contributed by atoms with Gasteiger partial charge in [-0.15, -0.1) is 0 Å². The van der Waals surface area contributed by atoms with E-state index in [1.165, 1.54) is 6.07 Å². The molecule has 1 aromatic carbocycles. The van der Waals surface area contributed by atoms with E-state index in [0.29, 0.717) is 5.56 Å². The van der Waals surface area contributed by atoms with Gasteiger partial charge in [0.2, 0.25) is 0 Å². The van der Waals surface area contributed by atoms with Gasteiger partial charge in [-0.3, -0.25) is 4.90 Å². The summed E-state index contributed by atoms with van der Waals surface area (Å²) in [5.41, 5.74) is 0.293. The van der Waals surface area contributed by atoms with Gasteiger partial charge in [-0.05, 0) is 39.5 Å². The SMILES string of the molecule is CCN(CC)C(C)(CC)C(NC)c1ccc(F)cc1F. The molecule has 0 bridgehead atoms. The summed E-state index contributed by atoms with van der Waals surface area (Å²) in [5, 5.41) is 3.22. The molecule has 1 aromatic rings. The minimum absolute atomic E-state index is 0.187. The molecule has 0 fully saturated rings. The van der Waals surface area contributed by atoms with Crippen molar-refractivity contribution in [1.29, 1.82) is 0 Å². The van der Waals surface area contributed by atoms with Crippen LogP contribution in [0.5, 0.6) is 0 Å². The quantitative estimate of drug-likeness (QED) is 0.820. The van der Waals surface area contributed by atoms with Crippen LogP contribution in [-0.4, -0.2) is 30.6 Å². The second kappa shape index (κ2) is 7.14. The van der Waals surface area contributed by atoms with E-state index >= 15 is 0 Å². The van der Waals surface area contributed by atoms with Crippen LogP contribution in [0.3, 0.4) is 0 Å². The molecule has 0 amide bonds. The fraction of sp³-hybridized carbons (Fsp3) is 0.625. The van der Waals surface area contributed by atoms with Crippen molar-refractivity contribution >= 4 is 0 Å². The average molecular weight is 284 g/mol. The number of rotatable bonds is 7. The molecule has 2 unspecified atom stereocenters. The van der Waals surface area contributed by atoms with E-state index in [9.17, 15) is 8.78 Å². The van der Waals surface area contributed by atoms with E-state index in [1.54, 1.807) is 6.07 Å². The monoisotopic (exact) mass is 284 g/mol. The summed E-state index contributed by atoms with van der Waals surface area (Å²) < 4.78 is 27.2.